The number of hydrogen-bond acceptors (Lipinski definition) is 6. The molecule has 1 aliphatic heterocycles. The standard InChI is InChI=1S/C23H15FN4O5S/c24-12-8-15-11(7-16(12)26-5-6-27-9-13(22(30)31)25-18(27)10-26)20(29)19(23(32)33)21-28(15)14-3-1-2-4-17(14)34-21/h1-4,7-9H,5-6,10H2,(H,30,31)(H,32,33). The van der Waals surface area contributed by atoms with Gasteiger partial charge >= 0.3 is 11.9 Å². The maximum atomic E-state index is 15.4. The summed E-state index contributed by atoms with van der Waals surface area (Å²) >= 11 is 1.17. The number of fused-ring (bicyclic) bond motifs is 6. The van der Waals surface area contributed by atoms with E-state index in [4.69, 9.17) is 0 Å². The predicted octanol–water partition coefficient (Wildman–Crippen LogP) is 3.42. The lowest BCUT2D eigenvalue weighted by atomic mass is 10.1. The molecule has 2 aromatic carbocycles. The fourth-order valence-electron chi connectivity index (χ4n) is 4.53. The maximum absolute atomic E-state index is 15.4. The highest BCUT2D eigenvalue weighted by atomic mass is 32.1. The maximum Gasteiger partial charge on any atom is 0.356 e. The molecule has 9 nitrogen and oxygen atoms in total. The summed E-state index contributed by atoms with van der Waals surface area (Å²) < 4.78 is 19.5. The summed E-state index contributed by atoms with van der Waals surface area (Å²) in [5.41, 5.74) is -0.0225. The summed E-state index contributed by atoms with van der Waals surface area (Å²) in [6, 6.07) is 9.87. The Bertz CT molecular complexity index is 1750. The molecular weight excluding hydrogens is 463 g/mol. The first kappa shape index (κ1) is 20.4. The van der Waals surface area contributed by atoms with Crippen molar-refractivity contribution in [3.8, 4) is 0 Å². The van der Waals surface area contributed by atoms with Crippen LogP contribution in [0.25, 0.3) is 25.9 Å². The second-order valence-corrected chi connectivity index (χ2v) is 9.03. The molecule has 0 unspecified atom stereocenters. The van der Waals surface area contributed by atoms with Crippen LogP contribution >= 0.6 is 11.3 Å². The number of carbonyl (C=O) groups is 2. The second kappa shape index (κ2) is 7.12. The largest absolute Gasteiger partial charge is 0.477 e. The van der Waals surface area contributed by atoms with Crippen LogP contribution in [-0.4, -0.2) is 42.6 Å². The van der Waals surface area contributed by atoms with Crippen LogP contribution in [0, 0.1) is 5.82 Å². The Morgan fingerprint density at radius 1 is 1.06 bits per heavy atom. The Kier molecular flexibility index (Phi) is 4.27. The Hall–Kier alpha value is -4.25. The molecule has 1 aliphatic rings. The van der Waals surface area contributed by atoms with Crippen molar-refractivity contribution in [3.05, 3.63) is 75.7 Å². The van der Waals surface area contributed by atoms with E-state index >= 15 is 4.39 Å². The van der Waals surface area contributed by atoms with Crippen LogP contribution in [0.15, 0.2) is 47.4 Å². The molecule has 3 aromatic heterocycles. The smallest absolute Gasteiger partial charge is 0.356 e. The molecule has 0 amide bonds. The summed E-state index contributed by atoms with van der Waals surface area (Å²) in [4.78, 5) is 42.6. The molecular formula is C23H15FN4O5S. The number of imidazole rings is 1. The number of anilines is 1. The van der Waals surface area contributed by atoms with E-state index in [0.29, 0.717) is 24.4 Å². The Balaban J connectivity index is 1.59. The van der Waals surface area contributed by atoms with Gasteiger partial charge in [0.15, 0.2) is 5.69 Å². The minimum absolute atomic E-state index is 0.0908. The second-order valence-electron chi connectivity index (χ2n) is 8.00. The molecule has 2 N–H and O–H groups in total. The van der Waals surface area contributed by atoms with Crippen LogP contribution in [0.2, 0.25) is 0 Å². The molecule has 0 fully saturated rings. The third kappa shape index (κ3) is 2.83. The van der Waals surface area contributed by atoms with Crippen LogP contribution in [0.1, 0.15) is 26.7 Å². The summed E-state index contributed by atoms with van der Waals surface area (Å²) in [5, 5.41) is 19.1. The highest BCUT2D eigenvalue weighted by Crippen LogP contribution is 2.34. The van der Waals surface area contributed by atoms with Gasteiger partial charge in [0.2, 0.25) is 5.43 Å². The lowest BCUT2D eigenvalue weighted by Crippen LogP contribution is -2.34. The SMILES string of the molecule is O=C(O)c1cn2c(n1)CN(c1cc3c(=O)c(C(=O)O)c4sc5ccccc5n4c3cc1F)CC2. The van der Waals surface area contributed by atoms with Crippen molar-refractivity contribution < 1.29 is 24.2 Å². The molecule has 0 bridgehead atoms. The summed E-state index contributed by atoms with van der Waals surface area (Å²) in [6.45, 7) is 0.898. The Morgan fingerprint density at radius 3 is 2.62 bits per heavy atom. The fourth-order valence-corrected chi connectivity index (χ4v) is 5.72. The fraction of sp³-hybridized carbons (Fsp3) is 0.130. The number of pyridine rings is 1. The zero-order chi connectivity index (χ0) is 23.7. The molecule has 34 heavy (non-hydrogen) atoms. The van der Waals surface area contributed by atoms with Gasteiger partial charge in [0.1, 0.15) is 22.0 Å². The number of benzene rings is 2. The molecule has 0 aliphatic carbocycles. The van der Waals surface area contributed by atoms with E-state index in [1.54, 1.807) is 26.0 Å². The monoisotopic (exact) mass is 478 g/mol. The number of hydrogen-bond donors (Lipinski definition) is 2. The number of aromatic nitrogens is 3. The zero-order valence-corrected chi connectivity index (χ0v) is 18.2. The van der Waals surface area contributed by atoms with Crippen LogP contribution in [-0.2, 0) is 13.1 Å². The molecule has 170 valence electrons. The van der Waals surface area contributed by atoms with Crippen LogP contribution in [0.3, 0.4) is 0 Å². The number of halogens is 1. The van der Waals surface area contributed by atoms with Crippen molar-refractivity contribution in [3.63, 3.8) is 0 Å². The number of thiazole rings is 1. The molecule has 0 atom stereocenters. The first-order valence-electron chi connectivity index (χ1n) is 10.3. The quantitative estimate of drug-likeness (QED) is 0.408. The molecule has 11 heteroatoms. The van der Waals surface area contributed by atoms with Crippen LogP contribution in [0.5, 0.6) is 0 Å². The number of nitrogens with zero attached hydrogens (tertiary/aromatic N) is 4. The van der Waals surface area contributed by atoms with Gasteiger partial charge in [0, 0.05) is 30.7 Å². The van der Waals surface area contributed by atoms with E-state index in [1.165, 1.54) is 29.7 Å². The van der Waals surface area contributed by atoms with Crippen molar-refractivity contribution in [2.24, 2.45) is 0 Å². The average Bonchev–Trinajstić information content (AvgIpc) is 3.40. The molecule has 0 radical (unpaired) electrons. The number of carboxylic acids is 2. The molecule has 4 heterocycles. The van der Waals surface area contributed by atoms with Crippen molar-refractivity contribution in [2.45, 2.75) is 13.1 Å². The summed E-state index contributed by atoms with van der Waals surface area (Å²) in [7, 11) is 0. The van der Waals surface area contributed by atoms with Gasteiger partial charge in [0.25, 0.3) is 0 Å². The average molecular weight is 478 g/mol. The summed E-state index contributed by atoms with van der Waals surface area (Å²) in [5.74, 6) is -2.60. The van der Waals surface area contributed by atoms with E-state index < -0.39 is 23.2 Å². The topological polar surface area (TPSA) is 117 Å². The van der Waals surface area contributed by atoms with E-state index in [-0.39, 0.29) is 39.2 Å². The third-order valence-corrected chi connectivity index (χ3v) is 7.23. The van der Waals surface area contributed by atoms with Gasteiger partial charge in [-0.3, -0.25) is 9.20 Å². The van der Waals surface area contributed by atoms with Crippen molar-refractivity contribution in [1.29, 1.82) is 0 Å². The Labute approximate surface area is 193 Å². The normalized spacial score (nSPS) is 13.6. The lowest BCUT2D eigenvalue weighted by molar-refractivity contribution is 0.0683. The minimum Gasteiger partial charge on any atom is -0.477 e. The number of aromatic carboxylic acids is 2. The van der Waals surface area contributed by atoms with Crippen LogP contribution in [0.4, 0.5) is 10.1 Å². The van der Waals surface area contributed by atoms with E-state index in [9.17, 15) is 24.6 Å². The van der Waals surface area contributed by atoms with Gasteiger partial charge in [-0.1, -0.05) is 12.1 Å². The first-order chi connectivity index (χ1) is 16.3. The molecule has 0 saturated heterocycles. The van der Waals surface area contributed by atoms with Crippen molar-refractivity contribution in [1.82, 2.24) is 14.0 Å². The molecule has 5 aromatic rings. The number of carboxylic acid groups (broad SMARTS) is 2. The van der Waals surface area contributed by atoms with Crippen molar-refractivity contribution in [2.75, 3.05) is 11.4 Å². The van der Waals surface area contributed by atoms with Gasteiger partial charge in [-0.25, -0.2) is 19.0 Å². The number of para-hydroxylation sites is 1. The van der Waals surface area contributed by atoms with Gasteiger partial charge < -0.3 is 19.7 Å². The highest BCUT2D eigenvalue weighted by molar-refractivity contribution is 7.24. The van der Waals surface area contributed by atoms with Crippen molar-refractivity contribution >= 4 is 54.9 Å². The summed E-state index contributed by atoms with van der Waals surface area (Å²) in [6.07, 6.45) is 1.44. The number of rotatable bonds is 3. The lowest BCUT2D eigenvalue weighted by Gasteiger charge is -2.30. The molecule has 0 spiro atoms. The molecule has 0 saturated carbocycles. The molecule has 6 rings (SSSR count). The minimum atomic E-state index is -1.34. The van der Waals surface area contributed by atoms with E-state index in [2.05, 4.69) is 4.98 Å². The Morgan fingerprint density at radius 2 is 1.85 bits per heavy atom. The van der Waals surface area contributed by atoms with Gasteiger partial charge in [-0.05, 0) is 18.2 Å². The zero-order valence-electron chi connectivity index (χ0n) is 17.4. The van der Waals surface area contributed by atoms with Gasteiger partial charge in [-0.2, -0.15) is 0 Å². The highest BCUT2D eigenvalue weighted by Gasteiger charge is 2.26. The van der Waals surface area contributed by atoms with E-state index in [1.807, 2.05) is 12.1 Å². The van der Waals surface area contributed by atoms with Crippen LogP contribution < -0.4 is 10.3 Å². The third-order valence-electron chi connectivity index (χ3n) is 6.08. The van der Waals surface area contributed by atoms with E-state index in [0.717, 1.165) is 4.70 Å². The first-order valence-corrected chi connectivity index (χ1v) is 11.1. The predicted molar refractivity (Wildman–Crippen MR) is 124 cm³/mol. The van der Waals surface area contributed by atoms with Gasteiger partial charge in [-0.15, -0.1) is 11.3 Å². The van der Waals surface area contributed by atoms with Gasteiger partial charge in [0.05, 0.1) is 28.0 Å².